The second-order valence-corrected chi connectivity index (χ2v) is 6.54. The molecule has 2 aromatic rings. The predicted octanol–water partition coefficient (Wildman–Crippen LogP) is 2.76. The van der Waals surface area contributed by atoms with Crippen molar-refractivity contribution in [3.05, 3.63) is 47.8 Å². The van der Waals surface area contributed by atoms with Gasteiger partial charge in [0.05, 0.1) is 26.3 Å². The second-order valence-electron chi connectivity index (χ2n) is 6.54. The molecule has 1 aromatic carbocycles. The van der Waals surface area contributed by atoms with Crippen LogP contribution in [0.15, 0.2) is 36.5 Å². The third kappa shape index (κ3) is 3.85. The first kappa shape index (κ1) is 17.5. The fraction of sp³-hybridized carbons (Fsp3) is 0.474. The molecule has 0 N–H and O–H groups in total. The van der Waals surface area contributed by atoms with E-state index in [1.807, 2.05) is 35.4 Å². The Bertz CT molecular complexity index is 711. The first-order chi connectivity index (χ1) is 12.1. The van der Waals surface area contributed by atoms with Crippen molar-refractivity contribution in [3.63, 3.8) is 0 Å². The van der Waals surface area contributed by atoms with Gasteiger partial charge in [-0.05, 0) is 36.1 Å². The van der Waals surface area contributed by atoms with Crippen LogP contribution in [-0.2, 0) is 11.3 Å². The van der Waals surface area contributed by atoms with Gasteiger partial charge >= 0.3 is 0 Å². The third-order valence-corrected chi connectivity index (χ3v) is 4.66. The zero-order chi connectivity index (χ0) is 17.8. The van der Waals surface area contributed by atoms with Crippen molar-refractivity contribution < 1.29 is 14.3 Å². The number of amides is 1. The number of aromatic nitrogens is 2. The maximum Gasteiger partial charge on any atom is 0.274 e. The summed E-state index contributed by atoms with van der Waals surface area (Å²) < 4.78 is 12.0. The Morgan fingerprint density at radius 1 is 1.24 bits per heavy atom. The minimum absolute atomic E-state index is 0.0127. The van der Waals surface area contributed by atoms with Gasteiger partial charge in [-0.15, -0.1) is 0 Å². The minimum atomic E-state index is -0.0127. The van der Waals surface area contributed by atoms with E-state index < -0.39 is 0 Å². The molecule has 0 saturated carbocycles. The van der Waals surface area contributed by atoms with Gasteiger partial charge in [0.25, 0.3) is 5.91 Å². The average molecular weight is 343 g/mol. The number of rotatable bonds is 6. The first-order valence-electron chi connectivity index (χ1n) is 8.59. The van der Waals surface area contributed by atoms with Crippen molar-refractivity contribution in [2.24, 2.45) is 5.92 Å². The number of hydrogen-bond acceptors (Lipinski definition) is 4. The predicted molar refractivity (Wildman–Crippen MR) is 94.7 cm³/mol. The minimum Gasteiger partial charge on any atom is -0.497 e. The summed E-state index contributed by atoms with van der Waals surface area (Å²) in [5.41, 5.74) is 1.63. The summed E-state index contributed by atoms with van der Waals surface area (Å²) in [6.07, 6.45) is 2.79. The molecule has 25 heavy (non-hydrogen) atoms. The van der Waals surface area contributed by atoms with Crippen LogP contribution in [0, 0.1) is 5.92 Å². The average Bonchev–Trinajstić information content (AvgIpc) is 3.26. The molecule has 2 heterocycles. The highest BCUT2D eigenvalue weighted by Gasteiger charge is 2.35. The Morgan fingerprint density at radius 3 is 2.68 bits per heavy atom. The quantitative estimate of drug-likeness (QED) is 0.809. The molecule has 6 nitrogen and oxygen atoms in total. The van der Waals surface area contributed by atoms with Crippen molar-refractivity contribution in [1.82, 2.24) is 14.7 Å². The van der Waals surface area contributed by atoms with E-state index in [0.29, 0.717) is 24.8 Å². The maximum atomic E-state index is 13.0. The van der Waals surface area contributed by atoms with Crippen LogP contribution in [0.25, 0.3) is 0 Å². The smallest absolute Gasteiger partial charge is 0.274 e. The van der Waals surface area contributed by atoms with Gasteiger partial charge in [0.2, 0.25) is 0 Å². The highest BCUT2D eigenvalue weighted by atomic mass is 16.5. The summed E-state index contributed by atoms with van der Waals surface area (Å²) in [6.45, 7) is 4.15. The Hall–Kier alpha value is -2.34. The van der Waals surface area contributed by atoms with Gasteiger partial charge in [-0.1, -0.05) is 19.1 Å². The zero-order valence-electron chi connectivity index (χ0n) is 15.0. The molecule has 1 amide bonds. The van der Waals surface area contributed by atoms with E-state index in [4.69, 9.17) is 9.47 Å². The molecule has 3 rings (SSSR count). The van der Waals surface area contributed by atoms with E-state index in [2.05, 4.69) is 12.0 Å². The van der Waals surface area contributed by atoms with Crippen molar-refractivity contribution in [1.29, 1.82) is 0 Å². The van der Waals surface area contributed by atoms with Gasteiger partial charge in [-0.2, -0.15) is 5.10 Å². The molecule has 1 aliphatic heterocycles. The van der Waals surface area contributed by atoms with E-state index in [9.17, 15) is 4.79 Å². The molecule has 0 spiro atoms. The van der Waals surface area contributed by atoms with Crippen LogP contribution in [-0.4, -0.2) is 48.0 Å². The van der Waals surface area contributed by atoms with Crippen LogP contribution >= 0.6 is 0 Å². The van der Waals surface area contributed by atoms with E-state index in [-0.39, 0.29) is 11.9 Å². The van der Waals surface area contributed by atoms with E-state index in [1.165, 1.54) is 0 Å². The largest absolute Gasteiger partial charge is 0.497 e. The highest BCUT2D eigenvalue weighted by Crippen LogP contribution is 2.36. The Labute approximate surface area is 148 Å². The van der Waals surface area contributed by atoms with E-state index in [1.54, 1.807) is 25.0 Å². The summed E-state index contributed by atoms with van der Waals surface area (Å²) in [6, 6.07) is 9.84. The molecule has 1 saturated heterocycles. The second kappa shape index (κ2) is 7.70. The monoisotopic (exact) mass is 343 g/mol. The SMILES string of the molecule is COCCn1ccc(C(=O)N2C[C@H](C)C[C@H]2c2ccc(OC)cc2)n1. The number of nitrogens with zero attached hydrogens (tertiary/aromatic N) is 3. The van der Waals surface area contributed by atoms with Crippen LogP contribution < -0.4 is 4.74 Å². The molecule has 2 atom stereocenters. The van der Waals surface area contributed by atoms with Gasteiger partial charge in [-0.3, -0.25) is 9.48 Å². The van der Waals surface area contributed by atoms with E-state index in [0.717, 1.165) is 24.3 Å². The normalized spacial score (nSPS) is 20.0. The first-order valence-corrected chi connectivity index (χ1v) is 8.59. The third-order valence-electron chi connectivity index (χ3n) is 4.66. The fourth-order valence-corrected chi connectivity index (χ4v) is 3.34. The molecule has 1 aromatic heterocycles. The van der Waals surface area contributed by atoms with Crippen LogP contribution in [0.3, 0.4) is 0 Å². The number of carbonyl (C=O) groups excluding carboxylic acids is 1. The maximum absolute atomic E-state index is 13.0. The van der Waals surface area contributed by atoms with E-state index >= 15 is 0 Å². The summed E-state index contributed by atoms with van der Waals surface area (Å²) >= 11 is 0. The molecule has 0 aliphatic carbocycles. The van der Waals surface area contributed by atoms with Crippen LogP contribution in [0.1, 0.15) is 35.4 Å². The Balaban J connectivity index is 1.78. The van der Waals surface area contributed by atoms with Crippen molar-refractivity contribution >= 4 is 5.91 Å². The highest BCUT2D eigenvalue weighted by molar-refractivity contribution is 5.92. The lowest BCUT2D eigenvalue weighted by Gasteiger charge is -2.24. The number of likely N-dealkylation sites (tertiary alicyclic amines) is 1. The summed E-state index contributed by atoms with van der Waals surface area (Å²) in [4.78, 5) is 14.9. The van der Waals surface area contributed by atoms with Gasteiger partial charge in [0.1, 0.15) is 11.4 Å². The number of ether oxygens (including phenoxy) is 2. The number of benzene rings is 1. The number of hydrogen-bond donors (Lipinski definition) is 0. The Kier molecular flexibility index (Phi) is 5.38. The van der Waals surface area contributed by atoms with Crippen molar-refractivity contribution in [2.75, 3.05) is 27.4 Å². The summed E-state index contributed by atoms with van der Waals surface area (Å²) in [5.74, 6) is 1.28. The zero-order valence-corrected chi connectivity index (χ0v) is 15.0. The summed E-state index contributed by atoms with van der Waals surface area (Å²) in [7, 11) is 3.31. The number of carbonyl (C=O) groups is 1. The van der Waals surface area contributed by atoms with Gasteiger partial charge < -0.3 is 14.4 Å². The number of methoxy groups -OCH3 is 2. The molecule has 6 heteroatoms. The van der Waals surface area contributed by atoms with Gasteiger partial charge in [0, 0.05) is 19.9 Å². The lowest BCUT2D eigenvalue weighted by Crippen LogP contribution is -2.31. The van der Waals surface area contributed by atoms with Crippen molar-refractivity contribution in [3.8, 4) is 5.75 Å². The molecule has 1 fully saturated rings. The molecule has 0 bridgehead atoms. The fourth-order valence-electron chi connectivity index (χ4n) is 3.34. The lowest BCUT2D eigenvalue weighted by molar-refractivity contribution is 0.0724. The molecule has 134 valence electrons. The molecular formula is C19H25N3O3. The molecule has 0 radical (unpaired) electrons. The molecular weight excluding hydrogens is 318 g/mol. The summed E-state index contributed by atoms with van der Waals surface area (Å²) in [5, 5.41) is 4.40. The van der Waals surface area contributed by atoms with Gasteiger partial charge in [0.15, 0.2) is 0 Å². The van der Waals surface area contributed by atoms with Crippen molar-refractivity contribution in [2.45, 2.75) is 25.9 Å². The van der Waals surface area contributed by atoms with Crippen LogP contribution in [0.4, 0.5) is 0 Å². The standard InChI is InChI=1S/C19H25N3O3/c1-14-12-18(15-4-6-16(25-3)7-5-15)22(13-14)19(23)17-8-9-21(20-17)10-11-24-2/h4-9,14,18H,10-13H2,1-3H3/t14-,18+/m1/s1. The lowest BCUT2D eigenvalue weighted by atomic mass is 10.0. The molecule has 1 aliphatic rings. The Morgan fingerprint density at radius 2 is 2.00 bits per heavy atom. The molecule has 0 unspecified atom stereocenters. The topological polar surface area (TPSA) is 56.6 Å². The van der Waals surface area contributed by atoms with Crippen LogP contribution in [0.5, 0.6) is 5.75 Å². The van der Waals surface area contributed by atoms with Gasteiger partial charge in [-0.25, -0.2) is 0 Å². The van der Waals surface area contributed by atoms with Crippen LogP contribution in [0.2, 0.25) is 0 Å².